The van der Waals surface area contributed by atoms with Gasteiger partial charge in [-0.1, -0.05) is 23.2 Å². The molecule has 1 aromatic carbocycles. The summed E-state index contributed by atoms with van der Waals surface area (Å²) in [5.74, 6) is 0.391. The fourth-order valence-corrected chi connectivity index (χ4v) is 3.27. The molecular formula is C18H17Cl2F3N2OS. The van der Waals surface area contributed by atoms with Crippen molar-refractivity contribution < 1.29 is 18.0 Å². The Bertz CT molecular complexity index is 811. The van der Waals surface area contributed by atoms with Gasteiger partial charge in [0.2, 0.25) is 0 Å². The topological polar surface area (TPSA) is 42.0 Å². The predicted molar refractivity (Wildman–Crippen MR) is 105 cm³/mol. The average molecular weight is 437 g/mol. The van der Waals surface area contributed by atoms with E-state index in [0.717, 1.165) is 12.3 Å². The normalized spacial score (nSPS) is 12.1. The van der Waals surface area contributed by atoms with Gasteiger partial charge >= 0.3 is 6.18 Å². The summed E-state index contributed by atoms with van der Waals surface area (Å²) in [7, 11) is 0. The number of ketones is 1. The van der Waals surface area contributed by atoms with Crippen molar-refractivity contribution in [2.45, 2.75) is 24.8 Å². The number of alkyl halides is 3. The zero-order chi connectivity index (χ0) is 20.2. The maximum absolute atomic E-state index is 12.7. The van der Waals surface area contributed by atoms with Crippen LogP contribution in [-0.4, -0.2) is 27.8 Å². The molecule has 2 rings (SSSR count). The van der Waals surface area contributed by atoms with Crippen LogP contribution in [0, 0.1) is 0 Å². The van der Waals surface area contributed by atoms with Gasteiger partial charge in [-0.3, -0.25) is 4.79 Å². The standard InChI is InChI=1S/C18H17Cl2F3N2OS/c1-17(2,27-9-15(26)11-3-5-13(19)6-4-11)10-25-16-14(20)7-12(8-24-16)18(21,22)23/h3-8H,9-10H2,1-2H3,(H,24,25). The van der Waals surface area contributed by atoms with Gasteiger partial charge in [-0.15, -0.1) is 11.8 Å². The van der Waals surface area contributed by atoms with E-state index in [4.69, 9.17) is 23.2 Å². The zero-order valence-corrected chi connectivity index (χ0v) is 16.9. The Kier molecular flexibility index (Phi) is 7.05. The fourth-order valence-electron chi connectivity index (χ4n) is 2.05. The van der Waals surface area contributed by atoms with E-state index in [-0.39, 0.29) is 27.1 Å². The molecule has 9 heteroatoms. The fraction of sp³-hybridized carbons (Fsp3) is 0.333. The predicted octanol–water partition coefficient (Wildman–Crippen LogP) is 6.21. The van der Waals surface area contributed by atoms with Crippen LogP contribution in [0.2, 0.25) is 10.0 Å². The maximum atomic E-state index is 12.7. The van der Waals surface area contributed by atoms with Crippen molar-refractivity contribution in [3.8, 4) is 0 Å². The molecule has 0 amide bonds. The summed E-state index contributed by atoms with van der Waals surface area (Å²) < 4.78 is 37.6. The Morgan fingerprint density at radius 3 is 2.37 bits per heavy atom. The summed E-state index contributed by atoms with van der Waals surface area (Å²) in [4.78, 5) is 16.0. The molecule has 0 spiro atoms. The van der Waals surface area contributed by atoms with Gasteiger partial charge in [0.05, 0.1) is 16.3 Å². The van der Waals surface area contributed by atoms with E-state index in [1.54, 1.807) is 24.3 Å². The van der Waals surface area contributed by atoms with E-state index in [0.29, 0.717) is 17.1 Å². The number of halogens is 5. The molecule has 0 saturated carbocycles. The van der Waals surface area contributed by atoms with Crippen molar-refractivity contribution in [2.24, 2.45) is 0 Å². The van der Waals surface area contributed by atoms with Crippen molar-refractivity contribution in [1.29, 1.82) is 0 Å². The number of nitrogens with one attached hydrogen (secondary N) is 1. The zero-order valence-electron chi connectivity index (χ0n) is 14.5. The second-order valence-corrected chi connectivity index (χ2v) is 8.91. The summed E-state index contributed by atoms with van der Waals surface area (Å²) in [6.07, 6.45) is -3.76. The number of benzene rings is 1. The summed E-state index contributed by atoms with van der Waals surface area (Å²) >= 11 is 13.1. The highest BCUT2D eigenvalue weighted by Crippen LogP contribution is 2.33. The van der Waals surface area contributed by atoms with Crippen LogP contribution < -0.4 is 5.32 Å². The average Bonchev–Trinajstić information content (AvgIpc) is 2.58. The van der Waals surface area contributed by atoms with E-state index >= 15 is 0 Å². The van der Waals surface area contributed by atoms with Crippen molar-refractivity contribution in [3.63, 3.8) is 0 Å². The molecule has 1 N–H and O–H groups in total. The molecular weight excluding hydrogens is 420 g/mol. The number of carbonyl (C=O) groups is 1. The van der Waals surface area contributed by atoms with Crippen molar-refractivity contribution in [1.82, 2.24) is 4.98 Å². The Balaban J connectivity index is 1.92. The molecule has 2 aromatic rings. The van der Waals surface area contributed by atoms with E-state index < -0.39 is 11.7 Å². The summed E-state index contributed by atoms with van der Waals surface area (Å²) in [5, 5.41) is 3.39. The second kappa shape index (κ2) is 8.71. The minimum Gasteiger partial charge on any atom is -0.367 e. The first-order valence-electron chi connectivity index (χ1n) is 7.87. The van der Waals surface area contributed by atoms with Crippen LogP contribution in [0.4, 0.5) is 19.0 Å². The number of anilines is 1. The molecule has 0 unspecified atom stereocenters. The number of carbonyl (C=O) groups excluding carboxylic acids is 1. The number of pyridine rings is 1. The molecule has 0 atom stereocenters. The van der Waals surface area contributed by atoms with Crippen LogP contribution in [0.3, 0.4) is 0 Å². The van der Waals surface area contributed by atoms with E-state index in [2.05, 4.69) is 10.3 Å². The molecule has 3 nitrogen and oxygen atoms in total. The molecule has 0 aliphatic carbocycles. The van der Waals surface area contributed by atoms with Gasteiger partial charge in [0.1, 0.15) is 5.82 Å². The smallest absolute Gasteiger partial charge is 0.367 e. The molecule has 1 heterocycles. The van der Waals surface area contributed by atoms with Gasteiger partial charge in [-0.05, 0) is 44.2 Å². The lowest BCUT2D eigenvalue weighted by atomic mass is 10.1. The first kappa shape index (κ1) is 21.9. The van der Waals surface area contributed by atoms with Gasteiger partial charge < -0.3 is 5.32 Å². The van der Waals surface area contributed by atoms with Gasteiger partial charge in [0, 0.05) is 28.1 Å². The van der Waals surface area contributed by atoms with Crippen LogP contribution in [0.5, 0.6) is 0 Å². The third-order valence-corrected chi connectivity index (χ3v) is 5.48. The highest BCUT2D eigenvalue weighted by atomic mass is 35.5. The molecule has 0 saturated heterocycles. The lowest BCUT2D eigenvalue weighted by Crippen LogP contribution is -2.28. The Morgan fingerprint density at radius 1 is 1.19 bits per heavy atom. The van der Waals surface area contributed by atoms with E-state index in [1.165, 1.54) is 11.8 Å². The first-order chi connectivity index (χ1) is 12.5. The van der Waals surface area contributed by atoms with Crippen molar-refractivity contribution >= 4 is 46.6 Å². The molecule has 1 aromatic heterocycles. The SMILES string of the molecule is CC(C)(CNc1ncc(C(F)(F)F)cc1Cl)SCC(=O)c1ccc(Cl)cc1. The maximum Gasteiger partial charge on any atom is 0.417 e. The van der Waals surface area contributed by atoms with Gasteiger partial charge in [0.15, 0.2) is 5.78 Å². The highest BCUT2D eigenvalue weighted by molar-refractivity contribution is 8.01. The van der Waals surface area contributed by atoms with Crippen LogP contribution in [0.25, 0.3) is 0 Å². The Labute approximate surface area is 169 Å². The van der Waals surface area contributed by atoms with Crippen LogP contribution in [0.1, 0.15) is 29.8 Å². The second-order valence-electron chi connectivity index (χ2n) is 6.38. The lowest BCUT2D eigenvalue weighted by Gasteiger charge is -2.25. The minimum atomic E-state index is -4.49. The van der Waals surface area contributed by atoms with Crippen molar-refractivity contribution in [3.05, 3.63) is 57.7 Å². The van der Waals surface area contributed by atoms with Crippen LogP contribution in [-0.2, 0) is 6.18 Å². The largest absolute Gasteiger partial charge is 0.417 e. The monoisotopic (exact) mass is 436 g/mol. The Morgan fingerprint density at radius 2 is 1.81 bits per heavy atom. The van der Waals surface area contributed by atoms with Crippen LogP contribution >= 0.6 is 35.0 Å². The summed E-state index contributed by atoms with van der Waals surface area (Å²) in [6.45, 7) is 4.19. The van der Waals surface area contributed by atoms with E-state index in [9.17, 15) is 18.0 Å². The van der Waals surface area contributed by atoms with Gasteiger partial charge in [0.25, 0.3) is 0 Å². The minimum absolute atomic E-state index is 0.0320. The number of hydrogen-bond acceptors (Lipinski definition) is 4. The summed E-state index contributed by atoms with van der Waals surface area (Å²) in [6, 6.07) is 7.49. The third kappa shape index (κ3) is 6.59. The number of aromatic nitrogens is 1. The quantitative estimate of drug-likeness (QED) is 0.523. The molecule has 146 valence electrons. The summed E-state index contributed by atoms with van der Waals surface area (Å²) in [5.41, 5.74) is -0.330. The third-order valence-electron chi connectivity index (χ3n) is 3.61. The molecule has 0 fully saturated rings. The number of rotatable bonds is 7. The highest BCUT2D eigenvalue weighted by Gasteiger charge is 2.31. The first-order valence-corrected chi connectivity index (χ1v) is 9.61. The Hall–Kier alpha value is -1.44. The van der Waals surface area contributed by atoms with Crippen LogP contribution in [0.15, 0.2) is 36.5 Å². The number of hydrogen-bond donors (Lipinski definition) is 1. The number of thioether (sulfide) groups is 1. The number of nitrogens with zero attached hydrogens (tertiary/aromatic N) is 1. The van der Waals surface area contributed by atoms with E-state index in [1.807, 2.05) is 13.8 Å². The number of Topliss-reactive ketones (excluding diaryl/α,β-unsaturated/α-hetero) is 1. The van der Waals surface area contributed by atoms with Gasteiger partial charge in [-0.2, -0.15) is 13.2 Å². The molecule has 0 radical (unpaired) electrons. The molecule has 0 aliphatic rings. The molecule has 27 heavy (non-hydrogen) atoms. The van der Waals surface area contributed by atoms with Crippen molar-refractivity contribution in [2.75, 3.05) is 17.6 Å². The lowest BCUT2D eigenvalue weighted by molar-refractivity contribution is -0.137. The molecule has 0 bridgehead atoms. The van der Waals surface area contributed by atoms with Gasteiger partial charge in [-0.25, -0.2) is 4.98 Å². The molecule has 0 aliphatic heterocycles.